The molecular formula is C24H25F2N3O3S. The lowest BCUT2D eigenvalue weighted by molar-refractivity contribution is 0.0940. The van der Waals surface area contributed by atoms with E-state index in [1.807, 2.05) is 0 Å². The van der Waals surface area contributed by atoms with E-state index in [2.05, 4.69) is 5.32 Å². The summed E-state index contributed by atoms with van der Waals surface area (Å²) >= 11 is 0. The second-order valence-electron chi connectivity index (χ2n) is 7.69. The zero-order valence-electron chi connectivity index (χ0n) is 18.5. The lowest BCUT2D eigenvalue weighted by Gasteiger charge is -2.27. The minimum Gasteiger partial charge on any atom is -0.346 e. The summed E-state index contributed by atoms with van der Waals surface area (Å²) in [6.45, 7) is 1.67. The molecule has 174 valence electrons. The number of carbonyl (C=O) groups excluding carboxylic acids is 1. The normalized spacial score (nSPS) is 12.4. The molecule has 0 aromatic heterocycles. The molecule has 3 aromatic rings. The van der Waals surface area contributed by atoms with E-state index in [1.165, 1.54) is 44.4 Å². The van der Waals surface area contributed by atoms with Gasteiger partial charge in [-0.05, 0) is 54.4 Å². The number of carbonyl (C=O) groups is 1. The van der Waals surface area contributed by atoms with E-state index < -0.39 is 16.0 Å². The zero-order chi connectivity index (χ0) is 24.2. The summed E-state index contributed by atoms with van der Waals surface area (Å²) < 4.78 is 55.2. The fourth-order valence-corrected chi connectivity index (χ4v) is 4.29. The van der Waals surface area contributed by atoms with Crippen LogP contribution in [0.2, 0.25) is 0 Å². The van der Waals surface area contributed by atoms with Gasteiger partial charge in [0.25, 0.3) is 5.91 Å². The maximum Gasteiger partial charge on any atom is 0.303 e. The van der Waals surface area contributed by atoms with Crippen LogP contribution in [-0.4, -0.2) is 32.7 Å². The molecule has 0 aliphatic carbocycles. The number of nitrogens with zero attached hydrogens (tertiary/aromatic N) is 2. The first kappa shape index (κ1) is 24.3. The van der Waals surface area contributed by atoms with Crippen LogP contribution in [0.3, 0.4) is 0 Å². The van der Waals surface area contributed by atoms with Crippen LogP contribution in [0.15, 0.2) is 72.8 Å². The molecule has 0 radical (unpaired) electrons. The molecule has 1 atom stereocenters. The van der Waals surface area contributed by atoms with Crippen LogP contribution in [0, 0.1) is 11.6 Å². The van der Waals surface area contributed by atoms with E-state index in [0.717, 1.165) is 14.2 Å². The third-order valence-electron chi connectivity index (χ3n) is 5.12. The van der Waals surface area contributed by atoms with Crippen molar-refractivity contribution < 1.29 is 22.0 Å². The van der Waals surface area contributed by atoms with Crippen molar-refractivity contribution in [3.05, 3.63) is 101 Å². The van der Waals surface area contributed by atoms with E-state index >= 15 is 0 Å². The standard InChI is InChI=1S/C24H25F2N3O3S/c1-17(19-12-14-21(25)15-13-19)27-24(30)20-10-8-18(9-11-20)16-29(33(31,32)28(2)3)23-7-5-4-6-22(23)26/h4-15,17H,16H2,1-3H3,(H,27,30)/t17-/m1/s1. The van der Waals surface area contributed by atoms with Gasteiger partial charge in [0, 0.05) is 19.7 Å². The molecule has 0 saturated heterocycles. The Kier molecular flexibility index (Phi) is 7.45. The van der Waals surface area contributed by atoms with Crippen LogP contribution < -0.4 is 9.62 Å². The first-order valence-corrected chi connectivity index (χ1v) is 11.6. The van der Waals surface area contributed by atoms with Gasteiger partial charge in [0.15, 0.2) is 0 Å². The molecule has 33 heavy (non-hydrogen) atoms. The fourth-order valence-electron chi connectivity index (χ4n) is 3.18. The van der Waals surface area contributed by atoms with E-state index in [0.29, 0.717) is 11.1 Å². The number of para-hydroxylation sites is 1. The van der Waals surface area contributed by atoms with Gasteiger partial charge < -0.3 is 5.32 Å². The molecule has 0 unspecified atom stereocenters. The van der Waals surface area contributed by atoms with Crippen molar-refractivity contribution in [1.82, 2.24) is 9.62 Å². The van der Waals surface area contributed by atoms with Crippen LogP contribution >= 0.6 is 0 Å². The first-order valence-electron chi connectivity index (χ1n) is 10.2. The number of rotatable bonds is 8. The van der Waals surface area contributed by atoms with Crippen LogP contribution in [0.25, 0.3) is 0 Å². The predicted molar refractivity (Wildman–Crippen MR) is 124 cm³/mol. The van der Waals surface area contributed by atoms with Crippen LogP contribution in [-0.2, 0) is 16.8 Å². The monoisotopic (exact) mass is 473 g/mol. The molecule has 0 saturated carbocycles. The summed E-state index contributed by atoms with van der Waals surface area (Å²) in [6, 6.07) is 17.6. The number of benzene rings is 3. The lowest BCUT2D eigenvalue weighted by atomic mass is 10.1. The molecule has 3 aromatic carbocycles. The van der Waals surface area contributed by atoms with Gasteiger partial charge in [-0.15, -0.1) is 0 Å². The topological polar surface area (TPSA) is 69.7 Å². The molecule has 0 bridgehead atoms. The van der Waals surface area contributed by atoms with E-state index in [1.54, 1.807) is 49.4 Å². The van der Waals surface area contributed by atoms with Gasteiger partial charge in [0.05, 0.1) is 18.3 Å². The molecule has 3 rings (SSSR count). The summed E-state index contributed by atoms with van der Waals surface area (Å²) in [5.41, 5.74) is 1.64. The maximum atomic E-state index is 14.4. The highest BCUT2D eigenvalue weighted by Gasteiger charge is 2.27. The van der Waals surface area contributed by atoms with Gasteiger partial charge >= 0.3 is 10.2 Å². The average molecular weight is 474 g/mol. The van der Waals surface area contributed by atoms with Crippen molar-refractivity contribution in [3.63, 3.8) is 0 Å². The van der Waals surface area contributed by atoms with E-state index in [9.17, 15) is 22.0 Å². The number of anilines is 1. The molecule has 0 aliphatic rings. The van der Waals surface area contributed by atoms with Crippen molar-refractivity contribution in [2.45, 2.75) is 19.5 Å². The molecule has 0 aliphatic heterocycles. The second-order valence-corrected chi connectivity index (χ2v) is 9.76. The summed E-state index contributed by atoms with van der Waals surface area (Å²) in [6.07, 6.45) is 0. The van der Waals surface area contributed by atoms with Gasteiger partial charge in [0.1, 0.15) is 11.6 Å². The maximum absolute atomic E-state index is 14.4. The van der Waals surface area contributed by atoms with Gasteiger partial charge in [-0.25, -0.2) is 8.78 Å². The van der Waals surface area contributed by atoms with Gasteiger partial charge in [0.2, 0.25) is 0 Å². The number of nitrogens with one attached hydrogen (secondary N) is 1. The summed E-state index contributed by atoms with van der Waals surface area (Å²) in [7, 11) is -1.22. The molecule has 0 heterocycles. The van der Waals surface area contributed by atoms with Crippen LogP contribution in [0.1, 0.15) is 34.5 Å². The van der Waals surface area contributed by atoms with Crippen molar-refractivity contribution in [2.24, 2.45) is 0 Å². The lowest BCUT2D eigenvalue weighted by Crippen LogP contribution is -2.40. The van der Waals surface area contributed by atoms with Crippen molar-refractivity contribution in [2.75, 3.05) is 18.4 Å². The minimum absolute atomic E-state index is 0.0684. The molecule has 1 N–H and O–H groups in total. The third-order valence-corrected chi connectivity index (χ3v) is 6.93. The number of hydrogen-bond acceptors (Lipinski definition) is 3. The quantitative estimate of drug-likeness (QED) is 0.531. The Morgan fingerprint density at radius 3 is 2.12 bits per heavy atom. The largest absolute Gasteiger partial charge is 0.346 e. The van der Waals surface area contributed by atoms with E-state index in [4.69, 9.17) is 0 Å². The first-order chi connectivity index (χ1) is 15.6. The van der Waals surface area contributed by atoms with Gasteiger partial charge in [-0.1, -0.05) is 36.4 Å². The van der Waals surface area contributed by atoms with Crippen molar-refractivity contribution in [3.8, 4) is 0 Å². The Balaban J connectivity index is 1.78. The second kappa shape index (κ2) is 10.1. The number of halogens is 2. The van der Waals surface area contributed by atoms with Crippen molar-refractivity contribution >= 4 is 21.8 Å². The highest BCUT2D eigenvalue weighted by Crippen LogP contribution is 2.25. The van der Waals surface area contributed by atoms with Crippen LogP contribution in [0.4, 0.5) is 14.5 Å². The highest BCUT2D eigenvalue weighted by molar-refractivity contribution is 7.90. The smallest absolute Gasteiger partial charge is 0.303 e. The molecule has 9 heteroatoms. The molecule has 1 amide bonds. The number of hydrogen-bond donors (Lipinski definition) is 1. The number of amides is 1. The Bertz CT molecular complexity index is 1210. The molecular weight excluding hydrogens is 448 g/mol. The fraction of sp³-hybridized carbons (Fsp3) is 0.208. The van der Waals surface area contributed by atoms with Crippen LogP contribution in [0.5, 0.6) is 0 Å². The van der Waals surface area contributed by atoms with Crippen molar-refractivity contribution in [1.29, 1.82) is 0 Å². The predicted octanol–water partition coefficient (Wildman–Crippen LogP) is 4.27. The summed E-state index contributed by atoms with van der Waals surface area (Å²) in [5, 5.41) is 2.84. The third kappa shape index (κ3) is 5.74. The SMILES string of the molecule is C[C@@H](NC(=O)c1ccc(CN(c2ccccc2F)S(=O)(=O)N(C)C)cc1)c1ccc(F)cc1. The molecule has 0 spiro atoms. The highest BCUT2D eigenvalue weighted by atomic mass is 32.2. The Morgan fingerprint density at radius 2 is 1.55 bits per heavy atom. The molecule has 0 fully saturated rings. The summed E-state index contributed by atoms with van der Waals surface area (Å²) in [5.74, 6) is -1.34. The average Bonchev–Trinajstić information content (AvgIpc) is 2.78. The zero-order valence-corrected chi connectivity index (χ0v) is 19.3. The molecule has 6 nitrogen and oxygen atoms in total. The minimum atomic E-state index is -3.97. The van der Waals surface area contributed by atoms with Gasteiger partial charge in [-0.2, -0.15) is 12.7 Å². The summed E-state index contributed by atoms with van der Waals surface area (Å²) in [4.78, 5) is 12.6. The van der Waals surface area contributed by atoms with E-state index in [-0.39, 0.29) is 30.0 Å². The Labute approximate surface area is 192 Å². The Hall–Kier alpha value is -3.30. The Morgan fingerprint density at radius 1 is 0.939 bits per heavy atom. The van der Waals surface area contributed by atoms with Gasteiger partial charge in [-0.3, -0.25) is 9.10 Å².